The Morgan fingerprint density at radius 3 is 0.735 bits per heavy atom. The number of rotatable bonds is 59. The van der Waals surface area contributed by atoms with Gasteiger partial charge in [0.15, 0.2) is 6.10 Å². The third-order valence-electron chi connectivity index (χ3n) is 13.7. The molecule has 6 nitrogen and oxygen atoms in total. The minimum absolute atomic E-state index is 0.105. The maximum absolute atomic E-state index is 13.0. The van der Waals surface area contributed by atoms with E-state index in [4.69, 9.17) is 14.2 Å². The molecular formula is C77H122O6. The maximum atomic E-state index is 13.0. The lowest BCUT2D eigenvalue weighted by molar-refractivity contribution is -0.167. The van der Waals surface area contributed by atoms with Crippen LogP contribution in [0.15, 0.2) is 170 Å². The molecule has 0 aliphatic carbocycles. The van der Waals surface area contributed by atoms with Crippen molar-refractivity contribution >= 4 is 17.9 Å². The second-order valence-electron chi connectivity index (χ2n) is 21.6. The molecule has 6 heteroatoms. The Balaban J connectivity index is 4.52. The summed E-state index contributed by atoms with van der Waals surface area (Å²) in [4.78, 5) is 38.5. The fraction of sp³-hybridized carbons (Fsp3) is 0.597. The van der Waals surface area contributed by atoms with Crippen molar-refractivity contribution in [2.45, 2.75) is 284 Å². The molecule has 0 amide bonds. The van der Waals surface area contributed by atoms with E-state index in [1.54, 1.807) is 0 Å². The molecule has 0 aromatic rings. The minimum atomic E-state index is -0.813. The van der Waals surface area contributed by atoms with Crippen molar-refractivity contribution in [2.75, 3.05) is 13.2 Å². The molecule has 83 heavy (non-hydrogen) atoms. The zero-order valence-corrected chi connectivity index (χ0v) is 53.4. The molecule has 466 valence electrons. The standard InChI is InChI=1S/C77H122O6/c1-4-7-10-13-16-19-22-25-28-31-34-36-37-38-39-41-43-46-49-52-55-58-61-64-67-70-76(79)82-73-74(72-81-75(78)69-66-63-60-57-54-51-48-45-42-33-30-27-24-21-18-15-12-9-6-3)83-77(80)71-68-65-62-59-56-53-50-47-44-40-35-32-29-26-23-20-17-14-11-8-5-2/h7-8,10-11,16-21,25-30,34-36,38-40,42-43,45-47,50,74H,4-6,9,12-15,22-24,31-33,37,41,44,48-49,51-73H2,1-3H3/b10-7-,11-8-,19-16-,20-17-,21-18-,28-25-,29-26-,30-27-,36-34-,39-38-,40-35-,45-42-,46-43-,50-47-. The molecule has 0 spiro atoms. The first-order chi connectivity index (χ1) is 41.0. The summed E-state index contributed by atoms with van der Waals surface area (Å²) in [5.74, 6) is -0.952. The van der Waals surface area contributed by atoms with Gasteiger partial charge in [-0.15, -0.1) is 0 Å². The SMILES string of the molecule is CC/C=C\C/C=C\C/C=C\C/C=C\C/C=C\C/C=C\CCCCCCCCC(=O)OCC(COC(=O)CCCCCCCC/C=C\C/C=C\C/C=C\CCCCC)OC(=O)CCCCCCC/C=C\C/C=C\C/C=C\C/C=C\C/C=C\CC. The van der Waals surface area contributed by atoms with Crippen molar-refractivity contribution in [3.63, 3.8) is 0 Å². The number of unbranched alkanes of at least 4 members (excludes halogenated alkanes) is 20. The predicted molar refractivity (Wildman–Crippen MR) is 361 cm³/mol. The van der Waals surface area contributed by atoms with Crippen molar-refractivity contribution in [1.82, 2.24) is 0 Å². The van der Waals surface area contributed by atoms with Crippen LogP contribution in [0.1, 0.15) is 278 Å². The average molecular weight is 1140 g/mol. The lowest BCUT2D eigenvalue weighted by Crippen LogP contribution is -2.30. The molecule has 0 saturated carbocycles. The van der Waals surface area contributed by atoms with Crippen LogP contribution >= 0.6 is 0 Å². The van der Waals surface area contributed by atoms with Crippen LogP contribution in [-0.2, 0) is 28.6 Å². The molecule has 0 aromatic heterocycles. The number of esters is 3. The maximum Gasteiger partial charge on any atom is 0.306 e. The van der Waals surface area contributed by atoms with E-state index in [1.807, 2.05) is 0 Å². The summed E-state index contributed by atoms with van der Waals surface area (Å²) in [5.41, 5.74) is 0. The first-order valence-electron chi connectivity index (χ1n) is 33.6. The third-order valence-corrected chi connectivity index (χ3v) is 13.7. The number of carbonyl (C=O) groups excluding carboxylic acids is 3. The van der Waals surface area contributed by atoms with Crippen molar-refractivity contribution < 1.29 is 28.6 Å². The van der Waals surface area contributed by atoms with Crippen LogP contribution in [0.25, 0.3) is 0 Å². The van der Waals surface area contributed by atoms with Crippen LogP contribution in [0.3, 0.4) is 0 Å². The van der Waals surface area contributed by atoms with Crippen LogP contribution in [0, 0.1) is 0 Å². The van der Waals surface area contributed by atoms with Gasteiger partial charge in [0.2, 0.25) is 0 Å². The van der Waals surface area contributed by atoms with Gasteiger partial charge < -0.3 is 14.2 Å². The number of ether oxygens (including phenoxy) is 3. The number of allylic oxidation sites excluding steroid dienone is 28. The number of carbonyl (C=O) groups is 3. The van der Waals surface area contributed by atoms with E-state index in [9.17, 15) is 14.4 Å². The number of hydrogen-bond donors (Lipinski definition) is 0. The molecule has 0 heterocycles. The Hall–Kier alpha value is -5.23. The first kappa shape index (κ1) is 77.8. The normalized spacial score (nSPS) is 13.2. The molecular weight excluding hydrogens is 1020 g/mol. The van der Waals surface area contributed by atoms with Gasteiger partial charge in [0.1, 0.15) is 13.2 Å². The molecule has 0 aliphatic heterocycles. The van der Waals surface area contributed by atoms with E-state index in [1.165, 1.54) is 51.4 Å². The zero-order chi connectivity index (χ0) is 59.9. The highest BCUT2D eigenvalue weighted by molar-refractivity contribution is 5.71. The van der Waals surface area contributed by atoms with Gasteiger partial charge in [-0.1, -0.05) is 274 Å². The molecule has 0 radical (unpaired) electrons. The summed E-state index contributed by atoms with van der Waals surface area (Å²) in [6.45, 7) is 6.35. The minimum Gasteiger partial charge on any atom is -0.462 e. The van der Waals surface area contributed by atoms with E-state index < -0.39 is 6.10 Å². The van der Waals surface area contributed by atoms with Gasteiger partial charge >= 0.3 is 17.9 Å². The molecule has 0 aliphatic rings. The smallest absolute Gasteiger partial charge is 0.306 e. The third kappa shape index (κ3) is 67.4. The molecule has 0 N–H and O–H groups in total. The Labute approximate surface area is 511 Å². The van der Waals surface area contributed by atoms with Gasteiger partial charge in [-0.05, 0) is 154 Å². The van der Waals surface area contributed by atoms with Gasteiger partial charge in [0.05, 0.1) is 0 Å². The van der Waals surface area contributed by atoms with Crippen LogP contribution in [-0.4, -0.2) is 37.2 Å². The molecule has 1 atom stereocenters. The van der Waals surface area contributed by atoms with E-state index in [0.717, 1.165) is 186 Å². The molecule has 0 saturated heterocycles. The second kappa shape index (κ2) is 69.3. The van der Waals surface area contributed by atoms with Crippen LogP contribution in [0.2, 0.25) is 0 Å². The largest absolute Gasteiger partial charge is 0.462 e. The van der Waals surface area contributed by atoms with E-state index in [2.05, 4.69) is 191 Å². The highest BCUT2D eigenvalue weighted by atomic mass is 16.6. The van der Waals surface area contributed by atoms with Crippen LogP contribution in [0.4, 0.5) is 0 Å². The highest BCUT2D eigenvalue weighted by Gasteiger charge is 2.19. The van der Waals surface area contributed by atoms with E-state index in [0.29, 0.717) is 19.3 Å². The van der Waals surface area contributed by atoms with Crippen molar-refractivity contribution in [1.29, 1.82) is 0 Å². The first-order valence-corrected chi connectivity index (χ1v) is 33.6. The summed E-state index contributed by atoms with van der Waals surface area (Å²) in [7, 11) is 0. The Morgan fingerprint density at radius 2 is 0.470 bits per heavy atom. The predicted octanol–water partition coefficient (Wildman–Crippen LogP) is 23.4. The summed E-state index contributed by atoms with van der Waals surface area (Å²) in [6, 6.07) is 0. The Morgan fingerprint density at radius 1 is 0.253 bits per heavy atom. The number of hydrogen-bond acceptors (Lipinski definition) is 6. The monoisotopic (exact) mass is 1140 g/mol. The van der Waals surface area contributed by atoms with Gasteiger partial charge in [-0.3, -0.25) is 14.4 Å². The quantitative estimate of drug-likeness (QED) is 0.0261. The molecule has 0 fully saturated rings. The summed E-state index contributed by atoms with van der Waals surface area (Å²) in [5, 5.41) is 0. The van der Waals surface area contributed by atoms with Gasteiger partial charge in [-0.2, -0.15) is 0 Å². The fourth-order valence-electron chi connectivity index (χ4n) is 8.71. The summed E-state index contributed by atoms with van der Waals surface area (Å²) < 4.78 is 16.9. The highest BCUT2D eigenvalue weighted by Crippen LogP contribution is 2.14. The average Bonchev–Trinajstić information content (AvgIpc) is 3.50. The topological polar surface area (TPSA) is 78.9 Å². The Bertz CT molecular complexity index is 1890. The van der Waals surface area contributed by atoms with Crippen molar-refractivity contribution in [3.8, 4) is 0 Å². The summed E-state index contributed by atoms with van der Waals surface area (Å²) >= 11 is 0. The van der Waals surface area contributed by atoms with Gasteiger partial charge in [0, 0.05) is 19.3 Å². The van der Waals surface area contributed by atoms with Crippen molar-refractivity contribution in [3.05, 3.63) is 170 Å². The van der Waals surface area contributed by atoms with Gasteiger partial charge in [-0.25, -0.2) is 0 Å². The molecule has 0 aromatic carbocycles. The second-order valence-corrected chi connectivity index (χ2v) is 21.6. The van der Waals surface area contributed by atoms with Crippen molar-refractivity contribution in [2.24, 2.45) is 0 Å². The Kier molecular flexibility index (Phi) is 64.9. The molecule has 1 unspecified atom stereocenters. The fourth-order valence-corrected chi connectivity index (χ4v) is 8.71. The zero-order valence-electron chi connectivity index (χ0n) is 53.4. The van der Waals surface area contributed by atoms with E-state index >= 15 is 0 Å². The van der Waals surface area contributed by atoms with Crippen LogP contribution in [0.5, 0.6) is 0 Å². The summed E-state index contributed by atoms with van der Waals surface area (Å²) in [6.07, 6.45) is 102. The van der Waals surface area contributed by atoms with E-state index in [-0.39, 0.29) is 31.1 Å². The van der Waals surface area contributed by atoms with Gasteiger partial charge in [0.25, 0.3) is 0 Å². The lowest BCUT2D eigenvalue weighted by atomic mass is 10.1. The van der Waals surface area contributed by atoms with Crippen LogP contribution < -0.4 is 0 Å². The molecule has 0 bridgehead atoms. The molecule has 0 rings (SSSR count). The lowest BCUT2D eigenvalue weighted by Gasteiger charge is -2.18.